The number of benzene rings is 1. The molecular formula is C50H83ClN8O13. The first-order valence-corrected chi connectivity index (χ1v) is 24.5. The maximum absolute atomic E-state index is 14.1. The third-order valence-electron chi connectivity index (χ3n) is 8.24. The molecule has 0 unspecified atom stereocenters. The molecule has 0 bridgehead atoms. The van der Waals surface area contributed by atoms with Crippen molar-refractivity contribution in [3.63, 3.8) is 0 Å². The fraction of sp³-hybridized carbons (Fsp3) is 0.700. The first kappa shape index (κ1) is 64.2. The van der Waals surface area contributed by atoms with E-state index in [4.69, 9.17) is 50.2 Å². The van der Waals surface area contributed by atoms with Gasteiger partial charge in [-0.05, 0) is 162 Å². The van der Waals surface area contributed by atoms with Crippen LogP contribution in [0.15, 0.2) is 28.2 Å². The number of carbonyl (C=O) groups is 6. The number of hydrogen-bond acceptors (Lipinski definition) is 14. The molecule has 0 aliphatic heterocycles. The number of nitrogens with one attached hydrogen (secondary N) is 4. The number of rotatable bonds is 15. The molecule has 0 fully saturated rings. The molecular weight excluding hydrogens is 956 g/mol. The number of hydrogen-bond donors (Lipinski definition) is 4. The van der Waals surface area contributed by atoms with Crippen molar-refractivity contribution in [2.45, 2.75) is 203 Å². The summed E-state index contributed by atoms with van der Waals surface area (Å²) < 4.78 is 38.9. The van der Waals surface area contributed by atoms with Crippen molar-refractivity contribution < 1.29 is 61.9 Å². The number of carbonyl (C=O) groups excluding carboxylic acids is 6. The maximum Gasteiger partial charge on any atom is 0.437 e. The first-order valence-electron chi connectivity index (χ1n) is 24.1. The Labute approximate surface area is 431 Å². The zero-order valence-electron chi connectivity index (χ0n) is 46.0. The number of amidine groups is 1. The van der Waals surface area contributed by atoms with Gasteiger partial charge in [0, 0.05) is 25.2 Å². The lowest BCUT2D eigenvalue weighted by Crippen LogP contribution is -2.53. The highest BCUT2D eigenvalue weighted by Crippen LogP contribution is 2.26. The smallest absolute Gasteiger partial charge is 0.437 e. The monoisotopic (exact) mass is 1040 g/mol. The van der Waals surface area contributed by atoms with Crippen molar-refractivity contribution in [3.05, 3.63) is 28.8 Å². The minimum Gasteiger partial charge on any atom is -0.492 e. The highest BCUT2D eigenvalue weighted by atomic mass is 35.5. The van der Waals surface area contributed by atoms with Gasteiger partial charge in [-0.2, -0.15) is 0 Å². The van der Waals surface area contributed by atoms with Gasteiger partial charge in [0.1, 0.15) is 45.2 Å². The number of guanidine groups is 2. The van der Waals surface area contributed by atoms with Gasteiger partial charge in [-0.3, -0.25) is 16.0 Å². The minimum atomic E-state index is -1.07. The van der Waals surface area contributed by atoms with Crippen LogP contribution in [0, 0.1) is 5.41 Å². The van der Waals surface area contributed by atoms with Gasteiger partial charge < -0.3 is 38.5 Å². The molecule has 0 saturated heterocycles. The summed E-state index contributed by atoms with van der Waals surface area (Å²) in [5.41, 5.74) is -5.02. The Morgan fingerprint density at radius 3 is 1.42 bits per heavy atom. The molecule has 21 nitrogen and oxygen atoms in total. The first-order chi connectivity index (χ1) is 32.7. The highest BCUT2D eigenvalue weighted by Gasteiger charge is 2.35. The van der Waals surface area contributed by atoms with Gasteiger partial charge in [-0.1, -0.05) is 37.3 Å². The van der Waals surface area contributed by atoms with E-state index in [1.807, 2.05) is 0 Å². The Balaban J connectivity index is 3.34. The summed E-state index contributed by atoms with van der Waals surface area (Å²) in [6, 6.07) is 4.50. The second kappa shape index (κ2) is 27.8. The number of ether oxygens (including phenoxy) is 7. The average Bonchev–Trinajstić information content (AvgIpc) is 3.14. The van der Waals surface area contributed by atoms with E-state index in [1.165, 1.54) is 18.2 Å². The summed E-state index contributed by atoms with van der Waals surface area (Å²) in [6.07, 6.45) is -1.29. The van der Waals surface area contributed by atoms with E-state index in [-0.39, 0.29) is 54.6 Å². The fourth-order valence-corrected chi connectivity index (χ4v) is 5.90. The predicted octanol–water partition coefficient (Wildman–Crippen LogP) is 11.5. The molecule has 4 N–H and O–H groups in total. The molecule has 0 aliphatic carbocycles. The van der Waals surface area contributed by atoms with E-state index >= 15 is 0 Å². The van der Waals surface area contributed by atoms with Gasteiger partial charge in [0.15, 0.2) is 0 Å². The van der Waals surface area contributed by atoms with Gasteiger partial charge in [0.25, 0.3) is 0 Å². The third-order valence-corrected chi connectivity index (χ3v) is 8.54. The Hall–Kier alpha value is -5.86. The van der Waals surface area contributed by atoms with E-state index in [1.54, 1.807) is 125 Å². The number of unbranched alkanes of at least 4 members (excludes halogenated alkanes) is 5. The lowest BCUT2D eigenvalue weighted by Gasteiger charge is -2.34. The molecule has 72 heavy (non-hydrogen) atoms. The lowest BCUT2D eigenvalue weighted by molar-refractivity contribution is 0.0267. The molecule has 6 amide bonds. The van der Waals surface area contributed by atoms with Gasteiger partial charge in [-0.15, -0.1) is 9.98 Å². The number of alkyl carbamates (subject to hydrolysis) is 2. The standard InChI is InChI=1S/C50H83ClN8O13/c1-45(2,3)67-39(60)54-36(52)33-26-27-35(34(51)32-33)66-31-25-30-59(44(65)72-50(16,17)18)38(57-42(63)70-48(10,11)12)58(43(64)71-49(13,14)15)29-24-22-20-19-21-23-28-53-37(55-40(61)68-46(4,5)6)56-41(62)69-47(7,8)9/h26-27,32H,19-25,28-31H2,1-18H3,(H2,52,54,60)(H2,53,55,56,61,62)/b57-38-. The number of nitrogens with zero attached hydrogens (tertiary/aromatic N) is 4. The van der Waals surface area contributed by atoms with E-state index in [9.17, 15) is 28.8 Å². The lowest BCUT2D eigenvalue weighted by atomic mass is 10.1. The van der Waals surface area contributed by atoms with Crippen LogP contribution >= 0.6 is 11.6 Å². The number of halogens is 1. The molecule has 0 heterocycles. The van der Waals surface area contributed by atoms with Gasteiger partial charge in [-0.25, -0.2) is 38.6 Å². The van der Waals surface area contributed by atoms with Gasteiger partial charge >= 0.3 is 36.6 Å². The maximum atomic E-state index is 14.1. The molecule has 0 saturated carbocycles. The SMILES string of the molecule is CC(C)(C)OC(=O)/N=C(/N(CCCCCCCCN/C(=N\C(=O)OC(C)(C)C)NC(=O)OC(C)(C)C)C(=O)OC(C)(C)C)N(CCCOc1ccc(C(=N)NC(=O)OC(C)(C)C)cc1Cl)C(=O)OC(C)(C)C. The molecule has 0 aliphatic rings. The number of aliphatic imine (C=N–C) groups is 2. The topological polar surface area (TPSA) is 258 Å². The molecule has 408 valence electrons. The summed E-state index contributed by atoms with van der Waals surface area (Å²) in [7, 11) is 0. The fourth-order valence-electron chi connectivity index (χ4n) is 5.67. The largest absolute Gasteiger partial charge is 0.492 e. The van der Waals surface area contributed by atoms with Crippen molar-refractivity contribution in [2.75, 3.05) is 26.2 Å². The van der Waals surface area contributed by atoms with Crippen molar-refractivity contribution in [1.29, 1.82) is 5.41 Å². The highest BCUT2D eigenvalue weighted by molar-refractivity contribution is 6.32. The Morgan fingerprint density at radius 2 is 0.958 bits per heavy atom. The minimum absolute atomic E-state index is 0.0194. The molecule has 1 rings (SSSR count). The summed E-state index contributed by atoms with van der Waals surface area (Å²) in [5, 5.41) is 16.3. The normalized spacial score (nSPS) is 12.7. The number of amides is 6. The average molecular weight is 1040 g/mol. The van der Waals surface area contributed by atoms with Gasteiger partial charge in [0.05, 0.1) is 11.6 Å². The van der Waals surface area contributed by atoms with Crippen LogP contribution in [-0.4, -0.2) is 124 Å². The van der Waals surface area contributed by atoms with Crippen LogP contribution in [0.1, 0.15) is 175 Å². The molecule has 0 aromatic heterocycles. The van der Waals surface area contributed by atoms with Crippen LogP contribution in [0.3, 0.4) is 0 Å². The Kier molecular flexibility index (Phi) is 24.8. The summed E-state index contributed by atoms with van der Waals surface area (Å²) in [5.74, 6) is -0.477. The van der Waals surface area contributed by atoms with Crippen LogP contribution in [0.2, 0.25) is 5.02 Å². The molecule has 0 spiro atoms. The molecule has 1 aromatic rings. The van der Waals surface area contributed by atoms with Crippen LogP contribution < -0.4 is 20.7 Å². The van der Waals surface area contributed by atoms with Crippen molar-refractivity contribution in [3.8, 4) is 5.75 Å². The van der Waals surface area contributed by atoms with Crippen molar-refractivity contribution in [2.24, 2.45) is 9.98 Å². The summed E-state index contributed by atoms with van der Waals surface area (Å²) in [6.45, 7) is 30.5. The summed E-state index contributed by atoms with van der Waals surface area (Å²) >= 11 is 6.53. The van der Waals surface area contributed by atoms with E-state index in [0.717, 1.165) is 29.1 Å². The molecule has 1 aromatic carbocycles. The predicted molar refractivity (Wildman–Crippen MR) is 276 cm³/mol. The van der Waals surface area contributed by atoms with Crippen LogP contribution in [0.25, 0.3) is 0 Å². The second-order valence-corrected chi connectivity index (χ2v) is 23.0. The van der Waals surface area contributed by atoms with Gasteiger partial charge in [0.2, 0.25) is 11.9 Å². The quantitative estimate of drug-likeness (QED) is 0.0551. The Bertz CT molecular complexity index is 2070. The van der Waals surface area contributed by atoms with E-state index in [0.29, 0.717) is 31.4 Å². The molecule has 0 atom stereocenters. The van der Waals surface area contributed by atoms with Crippen LogP contribution in [0.4, 0.5) is 28.8 Å². The zero-order chi connectivity index (χ0) is 55.5. The van der Waals surface area contributed by atoms with Crippen LogP contribution in [0.5, 0.6) is 5.75 Å². The zero-order valence-corrected chi connectivity index (χ0v) is 46.7. The van der Waals surface area contributed by atoms with Crippen LogP contribution in [-0.2, 0) is 28.4 Å². The van der Waals surface area contributed by atoms with Crippen molar-refractivity contribution >= 4 is 65.9 Å². The summed E-state index contributed by atoms with van der Waals surface area (Å²) in [4.78, 5) is 89.2. The Morgan fingerprint density at radius 1 is 0.542 bits per heavy atom. The molecule has 22 heteroatoms. The second-order valence-electron chi connectivity index (χ2n) is 22.6. The molecule has 0 radical (unpaired) electrons. The van der Waals surface area contributed by atoms with E-state index < -0.39 is 70.2 Å². The van der Waals surface area contributed by atoms with Crippen molar-refractivity contribution in [1.82, 2.24) is 25.8 Å². The van der Waals surface area contributed by atoms with E-state index in [2.05, 4.69) is 25.9 Å². The third kappa shape index (κ3) is 30.1.